The molecule has 0 unspecified atom stereocenters. The summed E-state index contributed by atoms with van der Waals surface area (Å²) in [5.41, 5.74) is 3.66. The van der Waals surface area contributed by atoms with Crippen molar-refractivity contribution in [1.29, 1.82) is 0 Å². The van der Waals surface area contributed by atoms with Gasteiger partial charge in [-0.05, 0) is 20.3 Å². The molecule has 18 heavy (non-hydrogen) atoms. The maximum absolute atomic E-state index is 5.49. The van der Waals surface area contributed by atoms with E-state index in [9.17, 15) is 0 Å². The molecule has 102 valence electrons. The number of ether oxygens (including phenoxy) is 1. The second-order valence-electron chi connectivity index (χ2n) is 4.30. The van der Waals surface area contributed by atoms with E-state index in [1.807, 2.05) is 0 Å². The highest BCUT2D eigenvalue weighted by atomic mass is 16.5. The monoisotopic (exact) mass is 253 g/mol. The number of aromatic nitrogens is 2. The lowest BCUT2D eigenvalue weighted by atomic mass is 10.2. The zero-order chi connectivity index (χ0) is 13.5. The van der Waals surface area contributed by atoms with Crippen LogP contribution in [-0.4, -0.2) is 36.3 Å². The second-order valence-corrected chi connectivity index (χ2v) is 4.30. The highest BCUT2D eigenvalue weighted by molar-refractivity contribution is 5.58. The van der Waals surface area contributed by atoms with Crippen LogP contribution in [0.5, 0.6) is 0 Å². The van der Waals surface area contributed by atoms with E-state index in [0.717, 1.165) is 24.3 Å². The van der Waals surface area contributed by atoms with Crippen molar-refractivity contribution in [2.75, 3.05) is 30.6 Å². The van der Waals surface area contributed by atoms with E-state index >= 15 is 0 Å². The van der Waals surface area contributed by atoms with Gasteiger partial charge in [0.2, 0.25) is 0 Å². The Hall–Kier alpha value is -1.40. The number of rotatable bonds is 7. The van der Waals surface area contributed by atoms with Crippen LogP contribution in [0.2, 0.25) is 0 Å². The zero-order valence-electron chi connectivity index (χ0n) is 11.6. The van der Waals surface area contributed by atoms with E-state index in [-0.39, 0.29) is 0 Å². The molecule has 1 aromatic rings. The first-order valence-corrected chi connectivity index (χ1v) is 6.21. The maximum Gasteiger partial charge on any atom is 0.148 e. The van der Waals surface area contributed by atoms with Gasteiger partial charge in [0.1, 0.15) is 18.0 Å². The Balaban J connectivity index is 3.10. The van der Waals surface area contributed by atoms with Crippen LogP contribution in [0.4, 0.5) is 11.6 Å². The molecule has 0 aromatic carbocycles. The average molecular weight is 253 g/mol. The first-order valence-electron chi connectivity index (χ1n) is 6.21. The van der Waals surface area contributed by atoms with Gasteiger partial charge in [0.05, 0.1) is 6.61 Å². The lowest BCUT2D eigenvalue weighted by Crippen LogP contribution is -2.35. The molecule has 0 saturated heterocycles. The van der Waals surface area contributed by atoms with Crippen LogP contribution >= 0.6 is 0 Å². The summed E-state index contributed by atoms with van der Waals surface area (Å²) in [6.45, 7) is 7.79. The number of nitrogens with one attached hydrogen (secondary N) is 1. The smallest absolute Gasteiger partial charge is 0.148 e. The van der Waals surface area contributed by atoms with Gasteiger partial charge in [-0.3, -0.25) is 0 Å². The third-order valence-corrected chi connectivity index (χ3v) is 2.84. The van der Waals surface area contributed by atoms with Gasteiger partial charge in [0.25, 0.3) is 0 Å². The molecule has 3 N–H and O–H groups in total. The molecular weight excluding hydrogens is 230 g/mol. The third kappa shape index (κ3) is 3.30. The highest BCUT2D eigenvalue weighted by Gasteiger charge is 2.17. The van der Waals surface area contributed by atoms with Crippen molar-refractivity contribution in [3.63, 3.8) is 0 Å². The van der Waals surface area contributed by atoms with Crippen molar-refractivity contribution in [3.8, 4) is 0 Å². The van der Waals surface area contributed by atoms with E-state index in [1.165, 1.54) is 6.33 Å². The number of hydrogen-bond donors (Lipinski definition) is 2. The van der Waals surface area contributed by atoms with Crippen LogP contribution in [0.1, 0.15) is 26.3 Å². The van der Waals surface area contributed by atoms with Crippen LogP contribution in [0, 0.1) is 0 Å². The van der Waals surface area contributed by atoms with Gasteiger partial charge in [-0.15, -0.1) is 0 Å². The normalized spacial score (nSPS) is 10.8. The number of nitrogens with zero attached hydrogens (tertiary/aromatic N) is 3. The Labute approximate surface area is 109 Å². The van der Waals surface area contributed by atoms with Crippen molar-refractivity contribution in [3.05, 3.63) is 11.9 Å². The average Bonchev–Trinajstić information content (AvgIpc) is 2.38. The summed E-state index contributed by atoms with van der Waals surface area (Å²) in [5.74, 6) is 7.10. The molecule has 0 aliphatic rings. The van der Waals surface area contributed by atoms with Crippen LogP contribution in [0.3, 0.4) is 0 Å². The minimum atomic E-state index is 0.339. The maximum atomic E-state index is 5.49. The summed E-state index contributed by atoms with van der Waals surface area (Å²) >= 11 is 0. The Morgan fingerprint density at radius 2 is 2.17 bits per heavy atom. The molecule has 0 fully saturated rings. The second kappa shape index (κ2) is 7.13. The Kier molecular flexibility index (Phi) is 5.80. The molecule has 0 aliphatic heterocycles. The van der Waals surface area contributed by atoms with Gasteiger partial charge in [0.15, 0.2) is 0 Å². The van der Waals surface area contributed by atoms with Crippen molar-refractivity contribution < 1.29 is 4.74 Å². The minimum absolute atomic E-state index is 0.339. The molecule has 0 bridgehead atoms. The number of nitrogens with two attached hydrogens (primary N) is 1. The van der Waals surface area contributed by atoms with Crippen molar-refractivity contribution >= 4 is 11.6 Å². The molecule has 0 aliphatic carbocycles. The molecule has 6 heteroatoms. The van der Waals surface area contributed by atoms with Gasteiger partial charge in [0, 0.05) is 25.3 Å². The summed E-state index contributed by atoms with van der Waals surface area (Å²) in [5, 5.41) is 0. The molecular formula is C12H23N5O. The largest absolute Gasteiger partial charge is 0.383 e. The Morgan fingerprint density at radius 1 is 1.44 bits per heavy atom. The fourth-order valence-electron chi connectivity index (χ4n) is 1.90. The van der Waals surface area contributed by atoms with Crippen LogP contribution in [0.15, 0.2) is 6.33 Å². The SMILES string of the molecule is CCc1c(NN)ncnc1N(CCOC)C(C)C. The lowest BCUT2D eigenvalue weighted by Gasteiger charge is -2.29. The zero-order valence-corrected chi connectivity index (χ0v) is 11.6. The Morgan fingerprint density at radius 3 is 2.67 bits per heavy atom. The topological polar surface area (TPSA) is 76.3 Å². The molecule has 1 aromatic heterocycles. The molecule has 1 rings (SSSR count). The number of anilines is 2. The Bertz CT molecular complexity index is 369. The van der Waals surface area contributed by atoms with Crippen LogP contribution < -0.4 is 16.2 Å². The van der Waals surface area contributed by atoms with E-state index < -0.39 is 0 Å². The summed E-state index contributed by atoms with van der Waals surface area (Å²) in [7, 11) is 1.70. The predicted molar refractivity (Wildman–Crippen MR) is 73.6 cm³/mol. The lowest BCUT2D eigenvalue weighted by molar-refractivity contribution is 0.203. The van der Waals surface area contributed by atoms with Crippen molar-refractivity contribution in [2.24, 2.45) is 5.84 Å². The highest BCUT2D eigenvalue weighted by Crippen LogP contribution is 2.24. The molecule has 6 nitrogen and oxygen atoms in total. The predicted octanol–water partition coefficient (Wildman–Crippen LogP) is 1.19. The number of methoxy groups -OCH3 is 1. The fraction of sp³-hybridized carbons (Fsp3) is 0.667. The fourth-order valence-corrected chi connectivity index (χ4v) is 1.90. The van der Waals surface area contributed by atoms with Crippen molar-refractivity contribution in [2.45, 2.75) is 33.2 Å². The van der Waals surface area contributed by atoms with Crippen LogP contribution in [0.25, 0.3) is 0 Å². The molecule has 1 heterocycles. The van der Waals surface area contributed by atoms with E-state index in [2.05, 4.69) is 41.1 Å². The first-order chi connectivity index (χ1) is 8.65. The number of hydrogen-bond acceptors (Lipinski definition) is 6. The minimum Gasteiger partial charge on any atom is -0.383 e. The van der Waals surface area contributed by atoms with Gasteiger partial charge < -0.3 is 15.1 Å². The summed E-state index contributed by atoms with van der Waals surface area (Å²) in [6, 6.07) is 0.339. The molecule has 0 atom stereocenters. The molecule has 0 spiro atoms. The molecule has 0 radical (unpaired) electrons. The van der Waals surface area contributed by atoms with Crippen LogP contribution in [-0.2, 0) is 11.2 Å². The van der Waals surface area contributed by atoms with Gasteiger partial charge in [-0.1, -0.05) is 6.92 Å². The molecule has 0 saturated carbocycles. The summed E-state index contributed by atoms with van der Waals surface area (Å²) < 4.78 is 5.15. The number of nitrogen functional groups attached to an aromatic ring is 1. The quantitative estimate of drug-likeness (QED) is 0.561. The summed E-state index contributed by atoms with van der Waals surface area (Å²) in [4.78, 5) is 10.7. The van der Waals surface area contributed by atoms with Gasteiger partial charge >= 0.3 is 0 Å². The first kappa shape index (κ1) is 14.7. The van der Waals surface area contributed by atoms with Gasteiger partial charge in [-0.25, -0.2) is 15.8 Å². The third-order valence-electron chi connectivity index (χ3n) is 2.84. The van der Waals surface area contributed by atoms with Crippen molar-refractivity contribution in [1.82, 2.24) is 9.97 Å². The van der Waals surface area contributed by atoms with E-state index in [1.54, 1.807) is 7.11 Å². The number of hydrazine groups is 1. The summed E-state index contributed by atoms with van der Waals surface area (Å²) in [6.07, 6.45) is 2.36. The van der Waals surface area contributed by atoms with Gasteiger partial charge in [-0.2, -0.15) is 0 Å². The van der Waals surface area contributed by atoms with E-state index in [4.69, 9.17) is 10.6 Å². The molecule has 0 amide bonds. The standard InChI is InChI=1S/C12H23N5O/c1-5-10-11(16-13)14-8-15-12(10)17(9(2)3)6-7-18-4/h8-9H,5-7,13H2,1-4H3,(H,14,15,16). The van der Waals surface area contributed by atoms with E-state index in [0.29, 0.717) is 18.5 Å².